The van der Waals surface area contributed by atoms with E-state index in [1.807, 2.05) is 0 Å². The fraction of sp³-hybridized carbons (Fsp3) is 0.0769. The number of fused-ring (bicyclic) bond motifs is 3. The van der Waals surface area contributed by atoms with Crippen molar-refractivity contribution in [2.45, 2.75) is 0 Å². The van der Waals surface area contributed by atoms with Crippen molar-refractivity contribution in [2.75, 3.05) is 12.8 Å². The van der Waals surface area contributed by atoms with Crippen molar-refractivity contribution in [1.82, 2.24) is 15.2 Å². The molecule has 0 aliphatic heterocycles. The number of rotatable bonds is 2. The zero-order valence-electron chi connectivity index (χ0n) is 10.9. The summed E-state index contributed by atoms with van der Waals surface area (Å²) in [6, 6.07) is 4.99. The van der Waals surface area contributed by atoms with Gasteiger partial charge in [-0.2, -0.15) is 0 Å². The van der Waals surface area contributed by atoms with E-state index in [0.29, 0.717) is 22.0 Å². The van der Waals surface area contributed by atoms with Crippen LogP contribution in [0.15, 0.2) is 18.2 Å². The standard InChI is InChI=1S/C13H10N4O4/c1-21-13(20)10-8-6-4-5(14)2-3-7(6)15-9(8)11(12(18)19)17-16-10/h2-4,15H,14H2,1H3,(H,18,19). The molecule has 106 valence electrons. The van der Waals surface area contributed by atoms with Crippen molar-refractivity contribution in [3.05, 3.63) is 29.6 Å². The van der Waals surface area contributed by atoms with Gasteiger partial charge >= 0.3 is 11.9 Å². The van der Waals surface area contributed by atoms with E-state index in [1.54, 1.807) is 18.2 Å². The summed E-state index contributed by atoms with van der Waals surface area (Å²) in [5, 5.41) is 17.4. The van der Waals surface area contributed by atoms with Crippen LogP contribution in [-0.4, -0.2) is 39.3 Å². The lowest BCUT2D eigenvalue weighted by atomic mass is 10.1. The molecule has 3 aromatic rings. The van der Waals surface area contributed by atoms with Crippen LogP contribution in [0, 0.1) is 0 Å². The highest BCUT2D eigenvalue weighted by Gasteiger charge is 2.23. The van der Waals surface area contributed by atoms with E-state index in [-0.39, 0.29) is 16.9 Å². The molecular weight excluding hydrogens is 276 g/mol. The third-order valence-electron chi connectivity index (χ3n) is 3.13. The van der Waals surface area contributed by atoms with Gasteiger partial charge in [0.2, 0.25) is 0 Å². The Morgan fingerprint density at radius 2 is 2.00 bits per heavy atom. The lowest BCUT2D eigenvalue weighted by Gasteiger charge is -2.02. The molecule has 0 aliphatic rings. The number of methoxy groups -OCH3 is 1. The van der Waals surface area contributed by atoms with Crippen LogP contribution in [0.4, 0.5) is 5.69 Å². The van der Waals surface area contributed by atoms with Gasteiger partial charge in [-0.25, -0.2) is 9.59 Å². The Labute approximate surface area is 117 Å². The maximum absolute atomic E-state index is 11.8. The number of aromatic nitrogens is 3. The number of carboxylic acid groups (broad SMARTS) is 1. The first-order chi connectivity index (χ1) is 10.0. The number of ether oxygens (including phenoxy) is 1. The number of nitrogens with one attached hydrogen (secondary N) is 1. The summed E-state index contributed by atoms with van der Waals surface area (Å²) in [6.45, 7) is 0. The molecule has 0 amide bonds. The molecule has 0 radical (unpaired) electrons. The Bertz CT molecular complexity index is 900. The maximum Gasteiger partial charge on any atom is 0.359 e. The molecule has 0 bridgehead atoms. The van der Waals surface area contributed by atoms with Crippen molar-refractivity contribution in [3.8, 4) is 0 Å². The number of hydrogen-bond acceptors (Lipinski definition) is 6. The normalized spacial score (nSPS) is 10.9. The smallest absolute Gasteiger partial charge is 0.359 e. The molecule has 8 heteroatoms. The highest BCUT2D eigenvalue weighted by atomic mass is 16.5. The first-order valence-corrected chi connectivity index (χ1v) is 5.92. The number of anilines is 1. The van der Waals surface area contributed by atoms with Gasteiger partial charge in [0, 0.05) is 22.0 Å². The van der Waals surface area contributed by atoms with Crippen LogP contribution in [0.2, 0.25) is 0 Å². The van der Waals surface area contributed by atoms with Gasteiger partial charge in [0.15, 0.2) is 11.4 Å². The molecule has 3 rings (SSSR count). The highest BCUT2D eigenvalue weighted by Crippen LogP contribution is 2.30. The molecule has 21 heavy (non-hydrogen) atoms. The van der Waals surface area contributed by atoms with Crippen molar-refractivity contribution < 1.29 is 19.4 Å². The molecule has 8 nitrogen and oxygen atoms in total. The number of nitrogens with two attached hydrogens (primary N) is 1. The summed E-state index contributed by atoms with van der Waals surface area (Å²) < 4.78 is 4.66. The van der Waals surface area contributed by atoms with Crippen molar-refractivity contribution in [3.63, 3.8) is 0 Å². The lowest BCUT2D eigenvalue weighted by Crippen LogP contribution is -2.10. The number of esters is 1. The zero-order chi connectivity index (χ0) is 15.1. The maximum atomic E-state index is 11.8. The minimum Gasteiger partial charge on any atom is -0.476 e. The predicted molar refractivity (Wildman–Crippen MR) is 74.1 cm³/mol. The molecule has 2 heterocycles. The van der Waals surface area contributed by atoms with Crippen molar-refractivity contribution in [1.29, 1.82) is 0 Å². The Hall–Kier alpha value is -3.16. The third kappa shape index (κ3) is 1.84. The van der Waals surface area contributed by atoms with Crippen LogP contribution in [0.3, 0.4) is 0 Å². The number of nitrogen functional groups attached to an aromatic ring is 1. The molecule has 1 aromatic carbocycles. The van der Waals surface area contributed by atoms with Crippen LogP contribution >= 0.6 is 0 Å². The van der Waals surface area contributed by atoms with E-state index >= 15 is 0 Å². The zero-order valence-corrected chi connectivity index (χ0v) is 10.9. The number of nitrogens with zero attached hydrogens (tertiary/aromatic N) is 2. The second-order valence-electron chi connectivity index (χ2n) is 4.37. The van der Waals surface area contributed by atoms with Crippen LogP contribution in [0.5, 0.6) is 0 Å². The predicted octanol–water partition coefficient (Wildman–Crippen LogP) is 1.18. The molecular formula is C13H10N4O4. The molecule has 2 aromatic heterocycles. The molecule has 0 fully saturated rings. The number of carbonyl (C=O) groups is 2. The Morgan fingerprint density at radius 1 is 1.29 bits per heavy atom. The van der Waals surface area contributed by atoms with Gasteiger partial charge in [-0.3, -0.25) is 0 Å². The summed E-state index contributed by atoms with van der Waals surface area (Å²) in [7, 11) is 1.21. The minimum absolute atomic E-state index is 0.0608. The average Bonchev–Trinajstić information content (AvgIpc) is 2.83. The Morgan fingerprint density at radius 3 is 2.67 bits per heavy atom. The van der Waals surface area contributed by atoms with E-state index in [2.05, 4.69) is 19.9 Å². The number of H-pyrrole nitrogens is 1. The second-order valence-corrected chi connectivity index (χ2v) is 4.37. The molecule has 0 unspecified atom stereocenters. The van der Waals surface area contributed by atoms with Gasteiger partial charge in [-0.15, -0.1) is 10.2 Å². The fourth-order valence-electron chi connectivity index (χ4n) is 2.22. The van der Waals surface area contributed by atoms with Gasteiger partial charge in [0.1, 0.15) is 0 Å². The molecule has 0 atom stereocenters. The van der Waals surface area contributed by atoms with Crippen LogP contribution in [0.25, 0.3) is 21.8 Å². The summed E-state index contributed by atoms with van der Waals surface area (Å²) in [5.74, 6) is -1.95. The van der Waals surface area contributed by atoms with Gasteiger partial charge in [0.05, 0.1) is 12.6 Å². The largest absolute Gasteiger partial charge is 0.476 e. The van der Waals surface area contributed by atoms with Crippen LogP contribution < -0.4 is 5.73 Å². The average molecular weight is 286 g/mol. The molecule has 0 aliphatic carbocycles. The summed E-state index contributed by atoms with van der Waals surface area (Å²) in [6.07, 6.45) is 0. The minimum atomic E-state index is -1.25. The van der Waals surface area contributed by atoms with E-state index < -0.39 is 11.9 Å². The van der Waals surface area contributed by atoms with Crippen molar-refractivity contribution >= 4 is 39.4 Å². The second kappa shape index (κ2) is 4.44. The van der Waals surface area contributed by atoms with E-state index in [1.165, 1.54) is 7.11 Å². The molecule has 4 N–H and O–H groups in total. The van der Waals surface area contributed by atoms with Gasteiger partial charge in [0.25, 0.3) is 0 Å². The molecule has 0 spiro atoms. The number of aromatic amines is 1. The first kappa shape index (κ1) is 12.9. The monoisotopic (exact) mass is 286 g/mol. The van der Waals surface area contributed by atoms with Gasteiger partial charge < -0.3 is 20.6 Å². The quantitative estimate of drug-likeness (QED) is 0.476. The summed E-state index contributed by atoms with van der Waals surface area (Å²) >= 11 is 0. The third-order valence-corrected chi connectivity index (χ3v) is 3.13. The Balaban J connectivity index is 2.52. The Kier molecular flexibility index (Phi) is 2.72. The number of benzene rings is 1. The fourth-order valence-corrected chi connectivity index (χ4v) is 2.22. The van der Waals surface area contributed by atoms with Gasteiger partial charge in [-0.1, -0.05) is 0 Å². The van der Waals surface area contributed by atoms with Crippen LogP contribution in [0.1, 0.15) is 21.0 Å². The molecule has 0 saturated carbocycles. The number of carboxylic acids is 1. The van der Waals surface area contributed by atoms with E-state index in [9.17, 15) is 14.7 Å². The van der Waals surface area contributed by atoms with E-state index in [4.69, 9.17) is 5.73 Å². The lowest BCUT2D eigenvalue weighted by molar-refractivity contribution is 0.0592. The van der Waals surface area contributed by atoms with Crippen LogP contribution in [-0.2, 0) is 4.74 Å². The number of carbonyl (C=O) groups excluding carboxylic acids is 1. The van der Waals surface area contributed by atoms with E-state index in [0.717, 1.165) is 0 Å². The first-order valence-electron chi connectivity index (χ1n) is 5.92. The van der Waals surface area contributed by atoms with Crippen molar-refractivity contribution in [2.24, 2.45) is 0 Å². The topological polar surface area (TPSA) is 131 Å². The van der Waals surface area contributed by atoms with Gasteiger partial charge in [-0.05, 0) is 18.2 Å². The SMILES string of the molecule is COC(=O)c1nnc(C(=O)O)c2[nH]c3ccc(N)cc3c12. The number of aromatic carboxylic acids is 1. The highest BCUT2D eigenvalue weighted by molar-refractivity contribution is 6.19. The summed E-state index contributed by atoms with van der Waals surface area (Å²) in [4.78, 5) is 26.0. The number of hydrogen-bond donors (Lipinski definition) is 3. The molecule has 0 saturated heterocycles. The summed E-state index contributed by atoms with van der Waals surface area (Å²) in [5.41, 5.74) is 6.73.